The van der Waals surface area contributed by atoms with Gasteiger partial charge >= 0.3 is 0 Å². The lowest BCUT2D eigenvalue weighted by Crippen LogP contribution is -2.41. The standard InChI is InChI=1S/C15H24Cl2N2/c1-10(2)9-19(11(3)4)15(8-18)13-6-5-12(16)7-14(13)17/h5-7,10-11,15H,8-9,18H2,1-4H3. The van der Waals surface area contributed by atoms with Crippen LogP contribution in [0.25, 0.3) is 0 Å². The summed E-state index contributed by atoms with van der Waals surface area (Å²) in [6.07, 6.45) is 0. The van der Waals surface area contributed by atoms with Gasteiger partial charge in [0.05, 0.1) is 0 Å². The lowest BCUT2D eigenvalue weighted by molar-refractivity contribution is 0.138. The Morgan fingerprint density at radius 1 is 1.16 bits per heavy atom. The molecule has 4 heteroatoms. The first-order valence-corrected chi connectivity index (χ1v) is 7.53. The molecule has 0 aromatic heterocycles. The summed E-state index contributed by atoms with van der Waals surface area (Å²) in [6, 6.07) is 6.20. The van der Waals surface area contributed by atoms with Gasteiger partial charge in [0, 0.05) is 35.2 Å². The van der Waals surface area contributed by atoms with E-state index in [4.69, 9.17) is 28.9 Å². The fraction of sp³-hybridized carbons (Fsp3) is 0.600. The van der Waals surface area contributed by atoms with Gasteiger partial charge in [0.15, 0.2) is 0 Å². The van der Waals surface area contributed by atoms with Gasteiger partial charge < -0.3 is 5.73 Å². The van der Waals surface area contributed by atoms with Crippen molar-refractivity contribution in [1.29, 1.82) is 0 Å². The molecule has 0 radical (unpaired) electrons. The number of rotatable bonds is 6. The number of halogens is 2. The average Bonchev–Trinajstić information content (AvgIpc) is 2.30. The zero-order chi connectivity index (χ0) is 14.6. The van der Waals surface area contributed by atoms with Crippen molar-refractivity contribution in [3.63, 3.8) is 0 Å². The maximum absolute atomic E-state index is 6.32. The minimum Gasteiger partial charge on any atom is -0.329 e. The van der Waals surface area contributed by atoms with Crippen LogP contribution in [0.4, 0.5) is 0 Å². The molecule has 0 fully saturated rings. The molecule has 0 bridgehead atoms. The fourth-order valence-corrected chi connectivity index (χ4v) is 2.87. The summed E-state index contributed by atoms with van der Waals surface area (Å²) in [5.41, 5.74) is 7.05. The van der Waals surface area contributed by atoms with Crippen LogP contribution in [0.15, 0.2) is 18.2 Å². The highest BCUT2D eigenvalue weighted by Gasteiger charge is 2.24. The van der Waals surface area contributed by atoms with Crippen LogP contribution in [0.2, 0.25) is 10.0 Å². The summed E-state index contributed by atoms with van der Waals surface area (Å²) in [6.45, 7) is 10.4. The van der Waals surface area contributed by atoms with Crippen molar-refractivity contribution in [3.8, 4) is 0 Å². The average molecular weight is 303 g/mol. The van der Waals surface area contributed by atoms with Gasteiger partial charge in [-0.05, 0) is 37.5 Å². The monoisotopic (exact) mass is 302 g/mol. The molecular weight excluding hydrogens is 279 g/mol. The Balaban J connectivity index is 3.08. The first kappa shape index (κ1) is 16.8. The zero-order valence-electron chi connectivity index (χ0n) is 12.2. The highest BCUT2D eigenvalue weighted by atomic mass is 35.5. The fourth-order valence-electron chi connectivity index (χ4n) is 2.33. The van der Waals surface area contributed by atoms with Crippen LogP contribution in [0.1, 0.15) is 39.3 Å². The minimum atomic E-state index is 0.132. The summed E-state index contributed by atoms with van der Waals surface area (Å²) in [5, 5.41) is 1.35. The van der Waals surface area contributed by atoms with Crippen LogP contribution in [0.5, 0.6) is 0 Å². The molecule has 1 atom stereocenters. The number of hydrogen-bond acceptors (Lipinski definition) is 2. The van der Waals surface area contributed by atoms with Crippen LogP contribution >= 0.6 is 23.2 Å². The summed E-state index contributed by atoms with van der Waals surface area (Å²) in [5.74, 6) is 0.586. The highest BCUT2D eigenvalue weighted by molar-refractivity contribution is 6.35. The van der Waals surface area contributed by atoms with E-state index in [2.05, 4.69) is 32.6 Å². The molecule has 0 aliphatic carbocycles. The van der Waals surface area contributed by atoms with Crippen molar-refractivity contribution in [2.75, 3.05) is 13.1 Å². The van der Waals surface area contributed by atoms with E-state index in [9.17, 15) is 0 Å². The molecule has 19 heavy (non-hydrogen) atoms. The van der Waals surface area contributed by atoms with Crippen molar-refractivity contribution in [2.24, 2.45) is 11.7 Å². The van der Waals surface area contributed by atoms with Gasteiger partial charge in [0.25, 0.3) is 0 Å². The maximum atomic E-state index is 6.32. The molecule has 1 aromatic rings. The van der Waals surface area contributed by atoms with Crippen LogP contribution in [0.3, 0.4) is 0 Å². The molecule has 2 nitrogen and oxygen atoms in total. The number of benzene rings is 1. The van der Waals surface area contributed by atoms with E-state index in [1.54, 1.807) is 6.07 Å². The van der Waals surface area contributed by atoms with E-state index in [1.165, 1.54) is 0 Å². The van der Waals surface area contributed by atoms with Gasteiger partial charge in [-0.25, -0.2) is 0 Å². The largest absolute Gasteiger partial charge is 0.329 e. The Morgan fingerprint density at radius 3 is 2.21 bits per heavy atom. The number of nitrogens with zero attached hydrogens (tertiary/aromatic N) is 1. The lowest BCUT2D eigenvalue weighted by atomic mass is 10.0. The van der Waals surface area contributed by atoms with Crippen LogP contribution < -0.4 is 5.73 Å². The van der Waals surface area contributed by atoms with Crippen LogP contribution in [0, 0.1) is 5.92 Å². The number of nitrogens with two attached hydrogens (primary N) is 1. The third-order valence-electron chi connectivity index (χ3n) is 3.18. The Hall–Kier alpha value is -0.280. The van der Waals surface area contributed by atoms with Crippen LogP contribution in [-0.2, 0) is 0 Å². The molecule has 0 amide bonds. The van der Waals surface area contributed by atoms with E-state index in [-0.39, 0.29) is 6.04 Å². The first-order valence-electron chi connectivity index (χ1n) is 6.77. The molecule has 2 N–H and O–H groups in total. The molecule has 1 rings (SSSR count). The van der Waals surface area contributed by atoms with Gasteiger partial charge in [-0.2, -0.15) is 0 Å². The van der Waals surface area contributed by atoms with Gasteiger partial charge in [-0.1, -0.05) is 43.1 Å². The van der Waals surface area contributed by atoms with E-state index in [0.29, 0.717) is 28.5 Å². The summed E-state index contributed by atoms with van der Waals surface area (Å²) < 4.78 is 0. The summed E-state index contributed by atoms with van der Waals surface area (Å²) in [7, 11) is 0. The molecule has 108 valence electrons. The third kappa shape index (κ3) is 4.64. The van der Waals surface area contributed by atoms with Crippen molar-refractivity contribution in [1.82, 2.24) is 4.90 Å². The Morgan fingerprint density at radius 2 is 1.79 bits per heavy atom. The third-order valence-corrected chi connectivity index (χ3v) is 3.75. The predicted molar refractivity (Wildman–Crippen MR) is 84.9 cm³/mol. The second-order valence-corrected chi connectivity index (χ2v) is 6.45. The molecule has 0 saturated carbocycles. The molecule has 1 aromatic carbocycles. The van der Waals surface area contributed by atoms with Crippen molar-refractivity contribution < 1.29 is 0 Å². The van der Waals surface area contributed by atoms with Crippen molar-refractivity contribution in [3.05, 3.63) is 33.8 Å². The normalized spacial score (nSPS) is 13.6. The Labute approximate surface area is 126 Å². The van der Waals surface area contributed by atoms with Gasteiger partial charge in [0.1, 0.15) is 0 Å². The van der Waals surface area contributed by atoms with E-state index < -0.39 is 0 Å². The second-order valence-electron chi connectivity index (χ2n) is 5.60. The SMILES string of the molecule is CC(C)CN(C(C)C)C(CN)c1ccc(Cl)cc1Cl. The summed E-state index contributed by atoms with van der Waals surface area (Å²) in [4.78, 5) is 2.40. The van der Waals surface area contributed by atoms with Crippen LogP contribution in [-0.4, -0.2) is 24.0 Å². The summed E-state index contributed by atoms with van der Waals surface area (Å²) >= 11 is 12.3. The van der Waals surface area contributed by atoms with Crippen molar-refractivity contribution in [2.45, 2.75) is 39.8 Å². The quantitative estimate of drug-likeness (QED) is 0.846. The van der Waals surface area contributed by atoms with E-state index >= 15 is 0 Å². The minimum absolute atomic E-state index is 0.132. The van der Waals surface area contributed by atoms with Gasteiger partial charge in [0.2, 0.25) is 0 Å². The van der Waals surface area contributed by atoms with Gasteiger partial charge in [-0.15, -0.1) is 0 Å². The Kier molecular flexibility index (Phi) is 6.61. The maximum Gasteiger partial charge on any atom is 0.0488 e. The van der Waals surface area contributed by atoms with E-state index in [0.717, 1.165) is 12.1 Å². The van der Waals surface area contributed by atoms with E-state index in [1.807, 2.05) is 12.1 Å². The lowest BCUT2D eigenvalue weighted by Gasteiger charge is -2.36. The molecular formula is C15H24Cl2N2. The van der Waals surface area contributed by atoms with Crippen molar-refractivity contribution >= 4 is 23.2 Å². The number of hydrogen-bond donors (Lipinski definition) is 1. The highest BCUT2D eigenvalue weighted by Crippen LogP contribution is 2.31. The molecule has 0 saturated heterocycles. The first-order chi connectivity index (χ1) is 8.86. The smallest absolute Gasteiger partial charge is 0.0488 e. The van der Waals surface area contributed by atoms with Gasteiger partial charge in [-0.3, -0.25) is 4.90 Å². The molecule has 0 aliphatic rings. The molecule has 0 aliphatic heterocycles. The topological polar surface area (TPSA) is 29.3 Å². The molecule has 0 spiro atoms. The molecule has 1 unspecified atom stereocenters. The Bertz CT molecular complexity index is 405. The predicted octanol–water partition coefficient (Wildman–Crippen LogP) is 4.36. The second kappa shape index (κ2) is 7.49. The molecule has 0 heterocycles. The zero-order valence-corrected chi connectivity index (χ0v) is 13.7.